The van der Waals surface area contributed by atoms with E-state index in [-0.39, 0.29) is 22.7 Å². The fraction of sp³-hybridized carbons (Fsp3) is 0.795. The number of hydrogen-bond donors (Lipinski definition) is 0. The van der Waals surface area contributed by atoms with Gasteiger partial charge in [0, 0.05) is 6.42 Å². The molecule has 0 spiro atoms. The van der Waals surface area contributed by atoms with Crippen molar-refractivity contribution in [3.63, 3.8) is 0 Å². The van der Waals surface area contributed by atoms with Gasteiger partial charge in [-0.3, -0.25) is 9.59 Å². The van der Waals surface area contributed by atoms with E-state index in [0.717, 1.165) is 31.6 Å². The van der Waals surface area contributed by atoms with Gasteiger partial charge in [0.25, 0.3) is 0 Å². The first-order chi connectivity index (χ1) is 19.7. The Kier molecular flexibility index (Phi) is 7.38. The zero-order chi connectivity index (χ0) is 30.4. The first kappa shape index (κ1) is 30.4. The molecule has 3 heteroatoms. The number of fused-ring (bicyclic) bond motifs is 7. The van der Waals surface area contributed by atoms with Crippen LogP contribution in [0.25, 0.3) is 0 Å². The van der Waals surface area contributed by atoms with E-state index >= 15 is 0 Å². The number of rotatable bonds is 4. The summed E-state index contributed by atoms with van der Waals surface area (Å²) in [6.07, 6.45) is 14.8. The summed E-state index contributed by atoms with van der Waals surface area (Å²) in [6.45, 7) is 22.2. The molecule has 0 amide bonds. The van der Waals surface area contributed by atoms with E-state index in [4.69, 9.17) is 4.74 Å². The summed E-state index contributed by atoms with van der Waals surface area (Å²) in [5.74, 6) is 3.54. The number of carbonyl (C=O) groups excluding carboxylic acids is 2. The summed E-state index contributed by atoms with van der Waals surface area (Å²) >= 11 is 0. The Morgan fingerprint density at radius 3 is 2.33 bits per heavy atom. The highest BCUT2D eigenvalue weighted by atomic mass is 16.5. The van der Waals surface area contributed by atoms with Crippen molar-refractivity contribution < 1.29 is 14.3 Å². The van der Waals surface area contributed by atoms with Crippen LogP contribution in [0.2, 0.25) is 0 Å². The maximum absolute atomic E-state index is 13.3. The molecule has 232 valence electrons. The second-order valence-corrected chi connectivity index (χ2v) is 17.1. The molecule has 3 saturated carbocycles. The van der Waals surface area contributed by atoms with Gasteiger partial charge in [0.2, 0.25) is 0 Å². The van der Waals surface area contributed by atoms with E-state index in [1.807, 2.05) is 6.92 Å². The van der Waals surface area contributed by atoms with Crippen LogP contribution in [0, 0.1) is 57.2 Å². The molecule has 0 radical (unpaired) electrons. The van der Waals surface area contributed by atoms with E-state index in [0.29, 0.717) is 46.9 Å². The van der Waals surface area contributed by atoms with Gasteiger partial charge in [0.1, 0.15) is 0 Å². The van der Waals surface area contributed by atoms with Gasteiger partial charge in [-0.2, -0.15) is 0 Å². The standard InChI is InChI=1S/C39H58O3/c1-10-42-35(41)26-13-11-25(12-14-26)33-24(4)21-39(9)30(36(33,5)6)18-20-38(8)28-17-19-37(7)22-29(40)32(23(2)3)34(37)27(28)15-16-31(38)39/h11,23,26-28,30-31H,10,12-22H2,1-9H3. The van der Waals surface area contributed by atoms with Crippen LogP contribution >= 0.6 is 0 Å². The predicted molar refractivity (Wildman–Crippen MR) is 171 cm³/mol. The highest BCUT2D eigenvalue weighted by Gasteiger charge is 2.65. The minimum atomic E-state index is -0.0163. The van der Waals surface area contributed by atoms with Crippen LogP contribution in [-0.2, 0) is 14.3 Å². The Morgan fingerprint density at radius 2 is 1.69 bits per heavy atom. The van der Waals surface area contributed by atoms with Crippen molar-refractivity contribution in [3.05, 3.63) is 33.9 Å². The van der Waals surface area contributed by atoms with Gasteiger partial charge in [-0.15, -0.1) is 0 Å². The van der Waals surface area contributed by atoms with E-state index in [1.54, 1.807) is 16.7 Å². The molecule has 0 saturated heterocycles. The largest absolute Gasteiger partial charge is 0.466 e. The summed E-state index contributed by atoms with van der Waals surface area (Å²) in [7, 11) is 0. The van der Waals surface area contributed by atoms with Crippen molar-refractivity contribution in [3.8, 4) is 0 Å². The molecule has 0 aromatic rings. The third-order valence-electron chi connectivity index (χ3n) is 14.1. The highest BCUT2D eigenvalue weighted by Crippen LogP contribution is 2.73. The average molecular weight is 575 g/mol. The van der Waals surface area contributed by atoms with Crippen molar-refractivity contribution in [2.45, 2.75) is 133 Å². The number of esters is 1. The maximum Gasteiger partial charge on any atom is 0.309 e. The summed E-state index contributed by atoms with van der Waals surface area (Å²) < 4.78 is 5.36. The van der Waals surface area contributed by atoms with Gasteiger partial charge in [-0.1, -0.05) is 65.7 Å². The Balaban J connectivity index is 1.32. The second kappa shape index (κ2) is 10.2. The van der Waals surface area contributed by atoms with Crippen molar-refractivity contribution in [1.82, 2.24) is 0 Å². The van der Waals surface area contributed by atoms with Gasteiger partial charge in [0.05, 0.1) is 12.5 Å². The van der Waals surface area contributed by atoms with Gasteiger partial charge in [-0.05, 0) is 146 Å². The molecule has 0 N–H and O–H groups in total. The van der Waals surface area contributed by atoms with Gasteiger partial charge in [0.15, 0.2) is 5.78 Å². The van der Waals surface area contributed by atoms with Crippen molar-refractivity contribution in [2.24, 2.45) is 57.2 Å². The molecule has 6 aliphatic rings. The minimum absolute atomic E-state index is 0.0163. The molecule has 0 aliphatic heterocycles. The molecular formula is C39H58O3. The minimum Gasteiger partial charge on any atom is -0.466 e. The van der Waals surface area contributed by atoms with E-state index in [1.165, 1.54) is 56.1 Å². The molecule has 42 heavy (non-hydrogen) atoms. The van der Waals surface area contributed by atoms with Crippen LogP contribution < -0.4 is 0 Å². The monoisotopic (exact) mass is 574 g/mol. The number of hydrogen-bond acceptors (Lipinski definition) is 3. The van der Waals surface area contributed by atoms with Crippen LogP contribution in [0.15, 0.2) is 33.9 Å². The topological polar surface area (TPSA) is 43.4 Å². The van der Waals surface area contributed by atoms with Crippen molar-refractivity contribution in [1.29, 1.82) is 0 Å². The van der Waals surface area contributed by atoms with Crippen LogP contribution in [0.3, 0.4) is 0 Å². The van der Waals surface area contributed by atoms with E-state index in [9.17, 15) is 9.59 Å². The lowest BCUT2D eigenvalue weighted by Gasteiger charge is -2.68. The Morgan fingerprint density at radius 1 is 0.952 bits per heavy atom. The van der Waals surface area contributed by atoms with Crippen molar-refractivity contribution >= 4 is 11.8 Å². The highest BCUT2D eigenvalue weighted by molar-refractivity contribution is 6.00. The lowest BCUT2D eigenvalue weighted by atomic mass is 9.36. The second-order valence-electron chi connectivity index (χ2n) is 17.1. The fourth-order valence-corrected chi connectivity index (χ4v) is 13.0. The lowest BCUT2D eigenvalue weighted by Crippen LogP contribution is -2.60. The average Bonchev–Trinajstić information content (AvgIpc) is 3.18. The molecule has 8 atom stereocenters. The molecule has 6 aliphatic carbocycles. The first-order valence-electron chi connectivity index (χ1n) is 17.5. The Bertz CT molecular complexity index is 1260. The zero-order valence-corrected chi connectivity index (χ0v) is 28.3. The van der Waals surface area contributed by atoms with Gasteiger partial charge >= 0.3 is 5.97 Å². The Labute approximate surface area is 256 Å². The molecule has 0 aromatic heterocycles. The SMILES string of the molecule is CCOC(=O)C1CC=C(C2=C(C)CC3(C)C(CCC4(C)C5CCC6(C)CC(=O)C(C(C)C)=C6C5CCC43)C2(C)C)CC1. The molecule has 0 heterocycles. The quantitative estimate of drug-likeness (QED) is 0.314. The molecule has 3 fully saturated rings. The van der Waals surface area contributed by atoms with E-state index in [2.05, 4.69) is 61.5 Å². The number of carbonyl (C=O) groups is 2. The zero-order valence-electron chi connectivity index (χ0n) is 28.3. The molecule has 0 aromatic carbocycles. The number of ether oxygens (including phenoxy) is 1. The normalized spacial score (nSPS) is 43.0. The maximum atomic E-state index is 13.3. The van der Waals surface area contributed by atoms with Gasteiger partial charge in [-0.25, -0.2) is 0 Å². The van der Waals surface area contributed by atoms with E-state index < -0.39 is 0 Å². The molecule has 3 nitrogen and oxygen atoms in total. The third kappa shape index (κ3) is 4.24. The number of ketones is 1. The summed E-state index contributed by atoms with van der Waals surface area (Å²) in [5.41, 5.74) is 8.48. The van der Waals surface area contributed by atoms with Crippen LogP contribution in [0.1, 0.15) is 133 Å². The molecule has 0 bridgehead atoms. The smallest absolute Gasteiger partial charge is 0.309 e. The van der Waals surface area contributed by atoms with Crippen LogP contribution in [0.5, 0.6) is 0 Å². The lowest BCUT2D eigenvalue weighted by molar-refractivity contribution is -0.160. The predicted octanol–water partition coefficient (Wildman–Crippen LogP) is 9.81. The summed E-state index contributed by atoms with van der Waals surface area (Å²) in [6, 6.07) is 0. The first-order valence-corrected chi connectivity index (χ1v) is 17.5. The Hall–Kier alpha value is -1.64. The molecule has 6 rings (SSSR count). The third-order valence-corrected chi connectivity index (χ3v) is 14.1. The summed E-state index contributed by atoms with van der Waals surface area (Å²) in [4.78, 5) is 25.8. The van der Waals surface area contributed by atoms with Crippen LogP contribution in [-0.4, -0.2) is 18.4 Å². The number of allylic oxidation sites excluding steroid dienone is 6. The molecule has 8 unspecified atom stereocenters. The number of Topliss-reactive ketones (excluding diaryl/α,β-unsaturated/α-hetero) is 1. The molecular weight excluding hydrogens is 516 g/mol. The summed E-state index contributed by atoms with van der Waals surface area (Å²) in [5, 5.41) is 0. The fourth-order valence-electron chi connectivity index (χ4n) is 13.0. The van der Waals surface area contributed by atoms with Gasteiger partial charge < -0.3 is 4.74 Å². The van der Waals surface area contributed by atoms with Crippen molar-refractivity contribution in [2.75, 3.05) is 6.61 Å². The van der Waals surface area contributed by atoms with Crippen LogP contribution in [0.4, 0.5) is 0 Å².